The van der Waals surface area contributed by atoms with Gasteiger partial charge in [-0.05, 0) is 49.7 Å². The highest BCUT2D eigenvalue weighted by Crippen LogP contribution is 2.48. The zero-order chi connectivity index (χ0) is 19.8. The maximum Gasteiger partial charge on any atom is 0.314 e. The lowest BCUT2D eigenvalue weighted by atomic mass is 9.89. The van der Waals surface area contributed by atoms with Gasteiger partial charge in [-0.1, -0.05) is 0 Å². The van der Waals surface area contributed by atoms with Gasteiger partial charge >= 0.3 is 5.92 Å². The van der Waals surface area contributed by atoms with Crippen molar-refractivity contribution < 1.29 is 13.0 Å². The topological polar surface area (TPSA) is 78.7 Å². The molecule has 1 N–H and O–H groups in total. The van der Waals surface area contributed by atoms with Gasteiger partial charge in [-0.15, -0.1) is 11.3 Å². The second-order valence-corrected chi connectivity index (χ2v) is 10.5. The largest absolute Gasteiger partial charge is 0.314 e. The van der Waals surface area contributed by atoms with E-state index in [9.17, 15) is 9.47 Å². The number of halogens is 3. The monoisotopic (exact) mass is 462 g/mol. The summed E-state index contributed by atoms with van der Waals surface area (Å²) in [6.07, 6.45) is 2.01. The Bertz CT molecular complexity index is 876. The van der Waals surface area contributed by atoms with E-state index in [0.717, 1.165) is 23.9 Å². The molecule has 0 spiro atoms. The van der Waals surface area contributed by atoms with Crippen LogP contribution in [0.5, 0.6) is 0 Å². The van der Waals surface area contributed by atoms with Crippen molar-refractivity contribution in [2.45, 2.75) is 43.9 Å². The SMILES string of the molecule is CC(C)(C)[S@@](=O)N[C@](C)(c1cc(Br)cs1)C(F)(F)c1ncncc1C#N. The molecule has 0 amide bonds. The Kier molecular flexibility index (Phi) is 5.97. The van der Waals surface area contributed by atoms with Gasteiger partial charge in [0.25, 0.3) is 0 Å². The third kappa shape index (κ3) is 3.86. The van der Waals surface area contributed by atoms with Crippen LogP contribution in [-0.2, 0) is 22.4 Å². The molecule has 26 heavy (non-hydrogen) atoms. The number of nitrogens with one attached hydrogen (secondary N) is 1. The molecule has 0 fully saturated rings. The molecule has 2 aromatic rings. The van der Waals surface area contributed by atoms with Crippen LogP contribution in [0, 0.1) is 11.3 Å². The number of hydrogen-bond donors (Lipinski definition) is 1. The number of thiophene rings is 1. The molecule has 2 heterocycles. The number of aromatic nitrogens is 2. The molecule has 10 heteroatoms. The van der Waals surface area contributed by atoms with Gasteiger partial charge < -0.3 is 0 Å². The van der Waals surface area contributed by atoms with Gasteiger partial charge in [-0.2, -0.15) is 14.0 Å². The number of alkyl halides is 2. The first-order valence-electron chi connectivity index (χ1n) is 7.46. The summed E-state index contributed by atoms with van der Waals surface area (Å²) < 4.78 is 46.4. The summed E-state index contributed by atoms with van der Waals surface area (Å²) in [7, 11) is -1.79. The van der Waals surface area contributed by atoms with Crippen molar-refractivity contribution in [3.63, 3.8) is 0 Å². The Morgan fingerprint density at radius 2 is 2.00 bits per heavy atom. The summed E-state index contributed by atoms with van der Waals surface area (Å²) in [5.41, 5.74) is -3.09. The smallest absolute Gasteiger partial charge is 0.243 e. The zero-order valence-electron chi connectivity index (χ0n) is 14.5. The Morgan fingerprint density at radius 3 is 2.50 bits per heavy atom. The van der Waals surface area contributed by atoms with Crippen molar-refractivity contribution >= 4 is 38.3 Å². The Labute approximate surface area is 165 Å². The highest BCUT2D eigenvalue weighted by molar-refractivity contribution is 9.10. The lowest BCUT2D eigenvalue weighted by molar-refractivity contribution is -0.0876. The number of rotatable bonds is 5. The summed E-state index contributed by atoms with van der Waals surface area (Å²) >= 11 is 4.36. The van der Waals surface area contributed by atoms with E-state index in [-0.39, 0.29) is 10.4 Å². The molecule has 140 valence electrons. The Morgan fingerprint density at radius 1 is 1.35 bits per heavy atom. The van der Waals surface area contributed by atoms with Crippen LogP contribution in [-0.4, -0.2) is 18.9 Å². The number of nitrogens with zero attached hydrogens (tertiary/aromatic N) is 3. The summed E-state index contributed by atoms with van der Waals surface area (Å²) in [5, 5.41) is 10.8. The quantitative estimate of drug-likeness (QED) is 0.720. The van der Waals surface area contributed by atoms with Gasteiger partial charge in [-0.3, -0.25) is 0 Å². The van der Waals surface area contributed by atoms with Gasteiger partial charge in [0.2, 0.25) is 0 Å². The molecule has 0 aliphatic carbocycles. The van der Waals surface area contributed by atoms with Crippen LogP contribution in [0.3, 0.4) is 0 Å². The van der Waals surface area contributed by atoms with Crippen LogP contribution in [0.2, 0.25) is 0 Å². The van der Waals surface area contributed by atoms with Gasteiger partial charge in [0.1, 0.15) is 23.6 Å². The second-order valence-electron chi connectivity index (χ2n) is 6.71. The number of hydrogen-bond acceptors (Lipinski definition) is 5. The normalized spacial score (nSPS) is 15.9. The average molecular weight is 463 g/mol. The molecular weight excluding hydrogens is 446 g/mol. The van der Waals surface area contributed by atoms with Crippen molar-refractivity contribution in [1.82, 2.24) is 14.7 Å². The van der Waals surface area contributed by atoms with E-state index < -0.39 is 32.9 Å². The van der Waals surface area contributed by atoms with Crippen molar-refractivity contribution in [3.8, 4) is 6.07 Å². The summed E-state index contributed by atoms with van der Waals surface area (Å²) in [6, 6.07) is 3.24. The van der Waals surface area contributed by atoms with Gasteiger partial charge in [0, 0.05) is 20.9 Å². The van der Waals surface area contributed by atoms with Crippen LogP contribution in [0.25, 0.3) is 0 Å². The maximum atomic E-state index is 15.6. The Hall–Kier alpha value is -1.28. The summed E-state index contributed by atoms with van der Waals surface area (Å²) in [5.74, 6) is -3.63. The lowest BCUT2D eigenvalue weighted by Crippen LogP contribution is -2.55. The summed E-state index contributed by atoms with van der Waals surface area (Å²) in [6.45, 7) is 6.32. The van der Waals surface area contributed by atoms with Crippen molar-refractivity contribution in [1.29, 1.82) is 5.26 Å². The molecule has 2 aromatic heterocycles. The first kappa shape index (κ1) is 21.0. The second kappa shape index (κ2) is 7.38. The predicted octanol–water partition coefficient (Wildman–Crippen LogP) is 4.23. The molecule has 0 saturated carbocycles. The van der Waals surface area contributed by atoms with Crippen LogP contribution < -0.4 is 4.72 Å². The fourth-order valence-corrected chi connectivity index (χ4v) is 4.64. The molecule has 0 radical (unpaired) electrons. The standard InChI is InChI=1S/C16H17BrF2N4OS2/c1-14(2,3)26(24)23-15(4,12-5-11(17)8-25-12)16(18,19)13-10(6-20)7-21-9-22-13/h5,7-9,23H,1-4H3/t15-,26-/m1/s1. The summed E-state index contributed by atoms with van der Waals surface area (Å²) in [4.78, 5) is 7.55. The average Bonchev–Trinajstić information content (AvgIpc) is 3.00. The predicted molar refractivity (Wildman–Crippen MR) is 101 cm³/mol. The first-order chi connectivity index (χ1) is 11.9. The van der Waals surface area contributed by atoms with Crippen LogP contribution >= 0.6 is 27.3 Å². The van der Waals surface area contributed by atoms with Crippen molar-refractivity contribution in [2.75, 3.05) is 0 Å². The van der Waals surface area contributed by atoms with E-state index in [0.29, 0.717) is 4.47 Å². The van der Waals surface area contributed by atoms with Crippen LogP contribution in [0.4, 0.5) is 8.78 Å². The van der Waals surface area contributed by atoms with E-state index in [1.54, 1.807) is 38.3 Å². The first-order valence-corrected chi connectivity index (χ1v) is 10.3. The molecule has 5 nitrogen and oxygen atoms in total. The highest BCUT2D eigenvalue weighted by Gasteiger charge is 2.57. The van der Waals surface area contributed by atoms with Crippen molar-refractivity contribution in [3.05, 3.63) is 44.6 Å². The van der Waals surface area contributed by atoms with E-state index in [2.05, 4.69) is 30.6 Å². The molecule has 2 atom stereocenters. The molecular formula is C16H17BrF2N4OS2. The third-order valence-corrected chi connectivity index (χ3v) is 7.29. The van der Waals surface area contributed by atoms with Crippen molar-refractivity contribution in [2.24, 2.45) is 0 Å². The Balaban J connectivity index is 2.67. The van der Waals surface area contributed by atoms with Gasteiger partial charge in [0.05, 0.1) is 21.3 Å². The molecule has 2 rings (SSSR count). The van der Waals surface area contributed by atoms with E-state index in [1.807, 2.05) is 0 Å². The highest BCUT2D eigenvalue weighted by atomic mass is 79.9. The molecule has 0 aliphatic heterocycles. The van der Waals surface area contributed by atoms with E-state index >= 15 is 8.78 Å². The fourth-order valence-electron chi connectivity index (χ4n) is 2.08. The number of nitriles is 1. The van der Waals surface area contributed by atoms with Gasteiger partial charge in [0.15, 0.2) is 0 Å². The minimum absolute atomic E-state index is 0.259. The van der Waals surface area contributed by atoms with E-state index in [4.69, 9.17) is 0 Å². The lowest BCUT2D eigenvalue weighted by Gasteiger charge is -2.38. The third-order valence-electron chi connectivity index (χ3n) is 3.67. The molecule has 0 aliphatic rings. The maximum absolute atomic E-state index is 15.6. The van der Waals surface area contributed by atoms with Gasteiger partial charge in [-0.25, -0.2) is 18.9 Å². The fraction of sp³-hybridized carbons (Fsp3) is 0.438. The minimum atomic E-state index is -3.63. The zero-order valence-corrected chi connectivity index (χ0v) is 17.7. The minimum Gasteiger partial charge on any atom is -0.243 e. The van der Waals surface area contributed by atoms with Crippen LogP contribution in [0.1, 0.15) is 43.8 Å². The molecule has 0 bridgehead atoms. The van der Waals surface area contributed by atoms with Crippen LogP contribution in [0.15, 0.2) is 28.4 Å². The van der Waals surface area contributed by atoms with E-state index in [1.165, 1.54) is 6.92 Å². The molecule has 0 unspecified atom stereocenters. The molecule has 0 aromatic carbocycles. The molecule has 0 saturated heterocycles.